The zero-order chi connectivity index (χ0) is 17.4. The van der Waals surface area contributed by atoms with Crippen LogP contribution in [0.2, 0.25) is 0 Å². The van der Waals surface area contributed by atoms with Crippen LogP contribution >= 0.6 is 0 Å². The lowest BCUT2D eigenvalue weighted by Gasteiger charge is -2.18. The first-order valence-corrected chi connectivity index (χ1v) is 8.11. The Morgan fingerprint density at radius 2 is 1.70 bits per heavy atom. The van der Waals surface area contributed by atoms with Crippen LogP contribution in [0.1, 0.15) is 13.8 Å². The molecule has 0 saturated carbocycles. The molecule has 0 spiro atoms. The van der Waals surface area contributed by atoms with Crippen LogP contribution in [-0.4, -0.2) is 35.5 Å². The minimum atomic E-state index is -4.11. The molecule has 2 rings (SSSR count). The zero-order valence-electron chi connectivity index (χ0n) is 12.3. The standard InChI is InChI=1S/C13H15N3O6S/c1-6(2)10(13(19)20)16-23(21,22)7-3-4-8-9(5-7)15-12(18)11(17)14-8/h3-6,10,16H,1-2H3,(H,14,17)(H,15,18)(H,19,20)/t10-/m0/s1. The highest BCUT2D eigenvalue weighted by Gasteiger charge is 2.28. The van der Waals surface area contributed by atoms with E-state index < -0.39 is 39.1 Å². The molecule has 1 aromatic heterocycles. The summed E-state index contributed by atoms with van der Waals surface area (Å²) < 4.78 is 26.7. The smallest absolute Gasteiger partial charge is 0.322 e. The summed E-state index contributed by atoms with van der Waals surface area (Å²) in [5, 5.41) is 9.08. The number of H-pyrrole nitrogens is 2. The van der Waals surface area contributed by atoms with Crippen LogP contribution in [0.3, 0.4) is 0 Å². The highest BCUT2D eigenvalue weighted by Crippen LogP contribution is 2.16. The van der Waals surface area contributed by atoms with E-state index in [1.807, 2.05) is 0 Å². The molecule has 23 heavy (non-hydrogen) atoms. The van der Waals surface area contributed by atoms with E-state index in [1.165, 1.54) is 12.1 Å². The average Bonchev–Trinajstić information content (AvgIpc) is 2.45. The predicted octanol–water partition coefficient (Wildman–Crippen LogP) is -0.396. The summed E-state index contributed by atoms with van der Waals surface area (Å²) in [6, 6.07) is 2.38. The zero-order valence-corrected chi connectivity index (χ0v) is 13.1. The van der Waals surface area contributed by atoms with Crippen LogP contribution in [0.5, 0.6) is 0 Å². The minimum Gasteiger partial charge on any atom is -0.480 e. The van der Waals surface area contributed by atoms with Gasteiger partial charge in [-0.2, -0.15) is 4.72 Å². The van der Waals surface area contributed by atoms with Crippen molar-refractivity contribution in [1.29, 1.82) is 0 Å². The second kappa shape index (κ2) is 5.97. The molecule has 0 aliphatic carbocycles. The van der Waals surface area contributed by atoms with E-state index in [0.717, 1.165) is 6.07 Å². The van der Waals surface area contributed by atoms with Crippen LogP contribution in [-0.2, 0) is 14.8 Å². The molecule has 1 atom stereocenters. The molecule has 0 aliphatic heterocycles. The van der Waals surface area contributed by atoms with Gasteiger partial charge in [-0.1, -0.05) is 13.8 Å². The van der Waals surface area contributed by atoms with Crippen molar-refractivity contribution >= 4 is 27.0 Å². The van der Waals surface area contributed by atoms with Crippen molar-refractivity contribution < 1.29 is 18.3 Å². The number of rotatable bonds is 5. The molecule has 2 aromatic rings. The normalized spacial score (nSPS) is 13.3. The number of hydrogen-bond acceptors (Lipinski definition) is 5. The van der Waals surface area contributed by atoms with Gasteiger partial charge < -0.3 is 15.1 Å². The van der Waals surface area contributed by atoms with E-state index in [4.69, 9.17) is 5.11 Å². The van der Waals surface area contributed by atoms with Crippen molar-refractivity contribution in [2.45, 2.75) is 24.8 Å². The van der Waals surface area contributed by atoms with E-state index >= 15 is 0 Å². The first-order chi connectivity index (χ1) is 10.6. The van der Waals surface area contributed by atoms with Gasteiger partial charge in [0.25, 0.3) is 0 Å². The molecule has 0 aliphatic rings. The van der Waals surface area contributed by atoms with Gasteiger partial charge in [0, 0.05) is 0 Å². The molecule has 10 heteroatoms. The molecule has 0 saturated heterocycles. The molecule has 0 unspecified atom stereocenters. The van der Waals surface area contributed by atoms with Crippen molar-refractivity contribution in [2.75, 3.05) is 0 Å². The molecule has 0 fully saturated rings. The fourth-order valence-electron chi connectivity index (χ4n) is 1.97. The number of hydrogen-bond donors (Lipinski definition) is 4. The van der Waals surface area contributed by atoms with Gasteiger partial charge >= 0.3 is 17.1 Å². The Kier molecular flexibility index (Phi) is 4.39. The molecule has 124 valence electrons. The van der Waals surface area contributed by atoms with Gasteiger partial charge in [-0.25, -0.2) is 8.42 Å². The summed E-state index contributed by atoms with van der Waals surface area (Å²) in [6.45, 7) is 3.15. The fourth-order valence-corrected chi connectivity index (χ4v) is 3.33. The van der Waals surface area contributed by atoms with Crippen LogP contribution in [0.4, 0.5) is 0 Å². The average molecular weight is 341 g/mol. The van der Waals surface area contributed by atoms with Crippen molar-refractivity contribution in [3.05, 3.63) is 38.9 Å². The quantitative estimate of drug-likeness (QED) is 0.544. The van der Waals surface area contributed by atoms with Crippen LogP contribution < -0.4 is 15.8 Å². The van der Waals surface area contributed by atoms with Gasteiger partial charge in [-0.3, -0.25) is 14.4 Å². The lowest BCUT2D eigenvalue weighted by atomic mass is 10.1. The highest BCUT2D eigenvalue weighted by molar-refractivity contribution is 7.89. The number of aliphatic carboxylic acids is 1. The topological polar surface area (TPSA) is 149 Å². The summed E-state index contributed by atoms with van der Waals surface area (Å²) in [4.78, 5) is 38.0. The number of carboxylic acids is 1. The minimum absolute atomic E-state index is 0.119. The Hall–Kier alpha value is -2.46. The molecule has 1 heterocycles. The summed E-state index contributed by atoms with van der Waals surface area (Å²) in [5.41, 5.74) is -1.39. The van der Waals surface area contributed by atoms with E-state index in [0.29, 0.717) is 0 Å². The molecule has 0 radical (unpaired) electrons. The maximum absolute atomic E-state index is 12.3. The van der Waals surface area contributed by atoms with E-state index in [1.54, 1.807) is 13.8 Å². The molecule has 0 amide bonds. The van der Waals surface area contributed by atoms with Crippen molar-refractivity contribution in [1.82, 2.24) is 14.7 Å². The van der Waals surface area contributed by atoms with Crippen molar-refractivity contribution in [2.24, 2.45) is 5.92 Å². The third-order valence-corrected chi connectivity index (χ3v) is 4.66. The van der Waals surface area contributed by atoms with Crippen LogP contribution in [0.15, 0.2) is 32.7 Å². The molecule has 0 bridgehead atoms. The number of carbonyl (C=O) groups is 1. The maximum atomic E-state index is 12.3. The first kappa shape index (κ1) is 16.9. The Morgan fingerprint density at radius 1 is 1.13 bits per heavy atom. The van der Waals surface area contributed by atoms with Gasteiger partial charge in [-0.15, -0.1) is 0 Å². The molecule has 4 N–H and O–H groups in total. The van der Waals surface area contributed by atoms with Gasteiger partial charge in [0.05, 0.1) is 15.9 Å². The third kappa shape index (κ3) is 3.48. The lowest BCUT2D eigenvalue weighted by molar-refractivity contribution is -0.140. The maximum Gasteiger partial charge on any atom is 0.322 e. The van der Waals surface area contributed by atoms with Crippen LogP contribution in [0, 0.1) is 5.92 Å². The predicted molar refractivity (Wildman–Crippen MR) is 81.8 cm³/mol. The Balaban J connectivity index is 2.49. The summed E-state index contributed by atoms with van der Waals surface area (Å²) in [5.74, 6) is -1.75. The molecular weight excluding hydrogens is 326 g/mol. The number of nitrogens with one attached hydrogen (secondary N) is 3. The largest absolute Gasteiger partial charge is 0.480 e. The van der Waals surface area contributed by atoms with Gasteiger partial charge in [-0.05, 0) is 24.1 Å². The second-order valence-electron chi connectivity index (χ2n) is 5.30. The monoisotopic (exact) mass is 341 g/mol. The SMILES string of the molecule is CC(C)[C@H](NS(=O)(=O)c1ccc2[nH]c(=O)c(=O)[nH]c2c1)C(=O)O. The summed E-state index contributed by atoms with van der Waals surface area (Å²) >= 11 is 0. The van der Waals surface area contributed by atoms with Gasteiger partial charge in [0.2, 0.25) is 10.0 Å². The Labute approximate surface area is 130 Å². The van der Waals surface area contributed by atoms with E-state index in [-0.39, 0.29) is 15.9 Å². The van der Waals surface area contributed by atoms with E-state index in [9.17, 15) is 22.8 Å². The number of carboxylic acid groups (broad SMARTS) is 1. The second-order valence-corrected chi connectivity index (χ2v) is 7.01. The lowest BCUT2D eigenvalue weighted by Crippen LogP contribution is -2.44. The number of fused-ring (bicyclic) bond motifs is 1. The van der Waals surface area contributed by atoms with Gasteiger partial charge in [0.15, 0.2) is 0 Å². The number of benzene rings is 1. The highest BCUT2D eigenvalue weighted by atomic mass is 32.2. The summed E-state index contributed by atoms with van der Waals surface area (Å²) in [7, 11) is -4.11. The molecular formula is C13H15N3O6S. The third-order valence-electron chi connectivity index (χ3n) is 3.22. The van der Waals surface area contributed by atoms with Crippen molar-refractivity contribution in [3.63, 3.8) is 0 Å². The van der Waals surface area contributed by atoms with Crippen molar-refractivity contribution in [3.8, 4) is 0 Å². The van der Waals surface area contributed by atoms with E-state index in [2.05, 4.69) is 14.7 Å². The number of sulfonamides is 1. The van der Waals surface area contributed by atoms with Crippen LogP contribution in [0.25, 0.3) is 11.0 Å². The molecule has 1 aromatic carbocycles. The molecule has 9 nitrogen and oxygen atoms in total. The van der Waals surface area contributed by atoms with Gasteiger partial charge in [0.1, 0.15) is 6.04 Å². The first-order valence-electron chi connectivity index (χ1n) is 6.63. The fraction of sp³-hybridized carbons (Fsp3) is 0.308. The summed E-state index contributed by atoms with van der Waals surface area (Å²) in [6.07, 6.45) is 0. The Morgan fingerprint density at radius 3 is 2.22 bits per heavy atom. The number of aromatic amines is 2. The number of aromatic nitrogens is 2. The Bertz CT molecular complexity index is 973.